The van der Waals surface area contributed by atoms with Gasteiger partial charge in [0.1, 0.15) is 24.4 Å². The van der Waals surface area contributed by atoms with E-state index >= 15 is 0 Å². The summed E-state index contributed by atoms with van der Waals surface area (Å²) in [5.41, 5.74) is -1.83. The first-order chi connectivity index (χ1) is 12.4. The van der Waals surface area contributed by atoms with Gasteiger partial charge in [0.25, 0.3) is 0 Å². The van der Waals surface area contributed by atoms with Crippen molar-refractivity contribution in [3.05, 3.63) is 12.2 Å². The average Bonchev–Trinajstić information content (AvgIpc) is 2.58. The van der Waals surface area contributed by atoms with Crippen LogP contribution in [0.25, 0.3) is 0 Å². The monoisotopic (exact) mass is 388 g/mol. The topological polar surface area (TPSA) is 137 Å². The van der Waals surface area contributed by atoms with Gasteiger partial charge < -0.3 is 35.0 Å². The number of allylic oxidation sites excluding steroid dienone is 1. The Kier molecular flexibility index (Phi) is 6.85. The molecule has 1 aliphatic carbocycles. The molecule has 8 heteroatoms. The normalized spacial score (nSPS) is 45.1. The number of ketones is 1. The molecule has 8 nitrogen and oxygen atoms in total. The first-order valence-electron chi connectivity index (χ1n) is 9.31. The van der Waals surface area contributed by atoms with Crippen LogP contribution >= 0.6 is 0 Å². The fourth-order valence-electron chi connectivity index (χ4n) is 4.16. The highest BCUT2D eigenvalue weighted by molar-refractivity contribution is 5.87. The molecule has 0 aromatic carbocycles. The summed E-state index contributed by atoms with van der Waals surface area (Å²) < 4.78 is 11.3. The fraction of sp³-hybridized carbons (Fsp3) is 0.842. The van der Waals surface area contributed by atoms with Crippen LogP contribution in [0.2, 0.25) is 0 Å². The zero-order valence-electron chi connectivity index (χ0n) is 16.3. The van der Waals surface area contributed by atoms with Gasteiger partial charge in [0.15, 0.2) is 12.1 Å². The summed E-state index contributed by atoms with van der Waals surface area (Å²) >= 11 is 0. The number of hydrogen-bond acceptors (Lipinski definition) is 8. The van der Waals surface area contributed by atoms with Crippen molar-refractivity contribution < 1.29 is 39.8 Å². The SMILES string of the molecule is CC(=O)C=CC1(O)C(C)CC(OC2OC(CO)C(O)C(O)C2O)CC1(C)C. The third kappa shape index (κ3) is 4.42. The van der Waals surface area contributed by atoms with Gasteiger partial charge in [-0.2, -0.15) is 0 Å². The van der Waals surface area contributed by atoms with E-state index in [1.54, 1.807) is 6.08 Å². The molecule has 8 unspecified atom stereocenters. The molecule has 0 aromatic rings. The standard InChI is InChI=1S/C19H32O8/c1-10-7-12(8-18(3,4)19(10,25)6-5-11(2)21)26-17-16(24)15(23)14(22)13(9-20)27-17/h5-6,10,12-17,20,22-25H,7-9H2,1-4H3. The molecule has 27 heavy (non-hydrogen) atoms. The van der Waals surface area contributed by atoms with Crippen LogP contribution in [0, 0.1) is 11.3 Å². The molecule has 0 bridgehead atoms. The minimum atomic E-state index is -1.50. The van der Waals surface area contributed by atoms with Crippen molar-refractivity contribution in [3.63, 3.8) is 0 Å². The Balaban J connectivity index is 2.13. The third-order valence-electron chi connectivity index (χ3n) is 5.94. The van der Waals surface area contributed by atoms with Gasteiger partial charge in [-0.05, 0) is 43.3 Å². The zero-order valence-corrected chi connectivity index (χ0v) is 16.3. The van der Waals surface area contributed by atoms with Gasteiger partial charge in [0.05, 0.1) is 18.3 Å². The Labute approximate surface area is 159 Å². The maximum atomic E-state index is 11.3. The number of carbonyl (C=O) groups excluding carboxylic acids is 1. The van der Waals surface area contributed by atoms with E-state index in [1.165, 1.54) is 13.0 Å². The van der Waals surface area contributed by atoms with Gasteiger partial charge in [-0.25, -0.2) is 0 Å². The van der Waals surface area contributed by atoms with Crippen LogP contribution in [0.5, 0.6) is 0 Å². The van der Waals surface area contributed by atoms with Gasteiger partial charge in [0.2, 0.25) is 0 Å². The molecular weight excluding hydrogens is 356 g/mol. The molecule has 1 saturated carbocycles. The third-order valence-corrected chi connectivity index (χ3v) is 5.94. The molecule has 5 N–H and O–H groups in total. The maximum Gasteiger partial charge on any atom is 0.186 e. The van der Waals surface area contributed by atoms with Crippen LogP contribution in [0.3, 0.4) is 0 Å². The maximum absolute atomic E-state index is 11.3. The highest BCUT2D eigenvalue weighted by Crippen LogP contribution is 2.49. The lowest BCUT2D eigenvalue weighted by Crippen LogP contribution is -2.61. The lowest BCUT2D eigenvalue weighted by molar-refractivity contribution is -0.319. The van der Waals surface area contributed by atoms with E-state index in [0.29, 0.717) is 12.8 Å². The molecule has 0 aromatic heterocycles. The molecule has 0 spiro atoms. The summed E-state index contributed by atoms with van der Waals surface area (Å²) in [4.78, 5) is 11.3. The van der Waals surface area contributed by atoms with Crippen molar-refractivity contribution in [2.24, 2.45) is 11.3 Å². The molecule has 8 atom stereocenters. The van der Waals surface area contributed by atoms with Gasteiger partial charge in [0, 0.05) is 0 Å². The zero-order chi connectivity index (χ0) is 20.6. The molecule has 1 saturated heterocycles. The predicted octanol–water partition coefficient (Wildman–Crippen LogP) is -0.496. The Morgan fingerprint density at radius 2 is 1.85 bits per heavy atom. The van der Waals surface area contributed by atoms with E-state index in [1.807, 2.05) is 20.8 Å². The molecule has 0 amide bonds. The number of carbonyl (C=O) groups is 1. The van der Waals surface area contributed by atoms with Crippen molar-refractivity contribution in [2.45, 2.75) is 82.9 Å². The summed E-state index contributed by atoms with van der Waals surface area (Å²) in [6, 6.07) is 0. The number of hydrogen-bond donors (Lipinski definition) is 5. The van der Waals surface area contributed by atoms with Crippen LogP contribution in [0.4, 0.5) is 0 Å². The Morgan fingerprint density at radius 1 is 1.22 bits per heavy atom. The largest absolute Gasteiger partial charge is 0.394 e. The lowest BCUT2D eigenvalue weighted by atomic mass is 9.59. The number of rotatable bonds is 5. The van der Waals surface area contributed by atoms with Crippen molar-refractivity contribution in [2.75, 3.05) is 6.61 Å². The molecular formula is C19H32O8. The Bertz CT molecular complexity index is 560. The van der Waals surface area contributed by atoms with Crippen molar-refractivity contribution in [1.82, 2.24) is 0 Å². The van der Waals surface area contributed by atoms with E-state index in [4.69, 9.17) is 9.47 Å². The summed E-state index contributed by atoms with van der Waals surface area (Å²) in [5, 5.41) is 50.4. The second kappa shape index (κ2) is 8.24. The fourth-order valence-corrected chi connectivity index (χ4v) is 4.16. The van der Waals surface area contributed by atoms with Crippen LogP contribution in [-0.2, 0) is 14.3 Å². The van der Waals surface area contributed by atoms with E-state index < -0.39 is 48.3 Å². The number of aliphatic hydroxyl groups is 5. The van der Waals surface area contributed by atoms with E-state index in [9.17, 15) is 30.3 Å². The number of aliphatic hydroxyl groups excluding tert-OH is 4. The molecule has 2 fully saturated rings. The van der Waals surface area contributed by atoms with Crippen molar-refractivity contribution in [1.29, 1.82) is 0 Å². The smallest absolute Gasteiger partial charge is 0.186 e. The van der Waals surface area contributed by atoms with Crippen molar-refractivity contribution in [3.8, 4) is 0 Å². The number of ether oxygens (including phenoxy) is 2. The molecule has 2 aliphatic rings. The van der Waals surface area contributed by atoms with E-state index in [2.05, 4.69) is 0 Å². The second-order valence-electron chi connectivity index (χ2n) is 8.45. The van der Waals surface area contributed by atoms with Crippen LogP contribution in [-0.4, -0.2) is 80.3 Å². The minimum absolute atomic E-state index is 0.147. The van der Waals surface area contributed by atoms with Crippen molar-refractivity contribution >= 4 is 5.78 Å². The summed E-state index contributed by atoms with van der Waals surface area (Å²) in [6.07, 6.45) is -3.23. The molecule has 2 rings (SSSR count). The Hall–Kier alpha value is -0.870. The lowest BCUT2D eigenvalue weighted by Gasteiger charge is -2.52. The first-order valence-corrected chi connectivity index (χ1v) is 9.31. The van der Waals surface area contributed by atoms with E-state index in [0.717, 1.165) is 0 Å². The summed E-state index contributed by atoms with van der Waals surface area (Å²) in [6.45, 7) is 6.50. The van der Waals surface area contributed by atoms with E-state index in [-0.39, 0.29) is 17.8 Å². The second-order valence-corrected chi connectivity index (χ2v) is 8.45. The minimum Gasteiger partial charge on any atom is -0.394 e. The van der Waals surface area contributed by atoms with Gasteiger partial charge in [-0.15, -0.1) is 0 Å². The van der Waals surface area contributed by atoms with Gasteiger partial charge in [-0.1, -0.05) is 20.8 Å². The van der Waals surface area contributed by atoms with Gasteiger partial charge >= 0.3 is 0 Å². The summed E-state index contributed by atoms with van der Waals surface area (Å²) in [5.74, 6) is -0.391. The highest BCUT2D eigenvalue weighted by Gasteiger charge is 2.52. The molecule has 1 heterocycles. The van der Waals surface area contributed by atoms with Crippen LogP contribution < -0.4 is 0 Å². The summed E-state index contributed by atoms with van der Waals surface area (Å²) in [7, 11) is 0. The predicted molar refractivity (Wildman–Crippen MR) is 95.6 cm³/mol. The quantitative estimate of drug-likeness (QED) is 0.398. The van der Waals surface area contributed by atoms with Crippen LogP contribution in [0.15, 0.2) is 12.2 Å². The average molecular weight is 388 g/mol. The molecule has 1 aliphatic heterocycles. The molecule has 0 radical (unpaired) electrons. The Morgan fingerprint density at radius 3 is 2.37 bits per heavy atom. The highest BCUT2D eigenvalue weighted by atomic mass is 16.7. The molecule has 156 valence electrons. The first kappa shape index (κ1) is 22.4. The van der Waals surface area contributed by atoms with Crippen LogP contribution in [0.1, 0.15) is 40.5 Å². The van der Waals surface area contributed by atoms with Gasteiger partial charge in [-0.3, -0.25) is 4.79 Å².